The van der Waals surface area contributed by atoms with Crippen molar-refractivity contribution in [3.63, 3.8) is 0 Å². The van der Waals surface area contributed by atoms with E-state index in [4.69, 9.17) is 10.5 Å². The summed E-state index contributed by atoms with van der Waals surface area (Å²) >= 11 is 2.26. The lowest BCUT2D eigenvalue weighted by Gasteiger charge is -2.28. The van der Waals surface area contributed by atoms with Crippen molar-refractivity contribution in [2.45, 2.75) is 57.6 Å². The third-order valence-electron chi connectivity index (χ3n) is 4.68. The Bertz CT molecular complexity index is 530. The summed E-state index contributed by atoms with van der Waals surface area (Å²) < 4.78 is 6.56. The van der Waals surface area contributed by atoms with E-state index in [2.05, 4.69) is 27.9 Å². The number of methoxy groups -OCH3 is 1. The minimum absolute atomic E-state index is 0.153. The van der Waals surface area contributed by atoms with Gasteiger partial charge in [-0.3, -0.25) is 4.79 Å². The van der Waals surface area contributed by atoms with Gasteiger partial charge in [0.2, 0.25) is 0 Å². The SMILES string of the molecule is COC(C(=O)Nc1ccc(I)cc1C)[C@H](N)CC1CCCCC1. The molecule has 1 fully saturated rings. The fourth-order valence-corrected chi connectivity index (χ4v) is 4.03. The van der Waals surface area contributed by atoms with Gasteiger partial charge in [0.1, 0.15) is 0 Å². The summed E-state index contributed by atoms with van der Waals surface area (Å²) in [5.41, 5.74) is 8.15. The number of nitrogens with one attached hydrogen (secondary N) is 1. The molecule has 0 bridgehead atoms. The average Bonchev–Trinajstić information content (AvgIpc) is 2.52. The van der Waals surface area contributed by atoms with Crippen molar-refractivity contribution >= 4 is 34.2 Å². The summed E-state index contributed by atoms with van der Waals surface area (Å²) in [5, 5.41) is 2.96. The van der Waals surface area contributed by atoms with Gasteiger partial charge in [-0.2, -0.15) is 0 Å². The Labute approximate surface area is 152 Å². The molecule has 2 atom stereocenters. The molecule has 4 nitrogen and oxygen atoms in total. The lowest BCUT2D eigenvalue weighted by molar-refractivity contribution is -0.127. The molecule has 0 heterocycles. The molecule has 3 N–H and O–H groups in total. The number of amides is 1. The molecule has 1 aromatic carbocycles. The summed E-state index contributed by atoms with van der Waals surface area (Å²) in [7, 11) is 1.56. The fourth-order valence-electron chi connectivity index (χ4n) is 3.38. The third-order valence-corrected chi connectivity index (χ3v) is 5.35. The smallest absolute Gasteiger partial charge is 0.255 e. The largest absolute Gasteiger partial charge is 0.370 e. The molecular weight excluding hydrogens is 403 g/mol. The predicted octanol–water partition coefficient (Wildman–Crippen LogP) is 3.85. The third kappa shape index (κ3) is 5.43. The molecule has 1 saturated carbocycles. The Kier molecular flexibility index (Phi) is 7.30. The van der Waals surface area contributed by atoms with Crippen LogP contribution in [-0.4, -0.2) is 25.2 Å². The van der Waals surface area contributed by atoms with Crippen LogP contribution in [0.2, 0.25) is 0 Å². The normalized spacial score (nSPS) is 18.4. The first kappa shape index (κ1) is 18.7. The number of halogens is 1. The Balaban J connectivity index is 1.96. The first-order chi connectivity index (χ1) is 11.0. The topological polar surface area (TPSA) is 64.3 Å². The Morgan fingerprint density at radius 1 is 1.39 bits per heavy atom. The zero-order valence-corrected chi connectivity index (χ0v) is 16.1. The van der Waals surface area contributed by atoms with Crippen molar-refractivity contribution in [2.24, 2.45) is 11.7 Å². The minimum atomic E-state index is -0.601. The Hall–Kier alpha value is -0.660. The lowest BCUT2D eigenvalue weighted by Crippen LogP contribution is -2.46. The molecule has 23 heavy (non-hydrogen) atoms. The van der Waals surface area contributed by atoms with Crippen LogP contribution in [0.25, 0.3) is 0 Å². The van der Waals surface area contributed by atoms with Gasteiger partial charge in [-0.15, -0.1) is 0 Å². The Morgan fingerprint density at radius 3 is 2.70 bits per heavy atom. The van der Waals surface area contributed by atoms with Gasteiger partial charge in [-0.25, -0.2) is 0 Å². The molecule has 0 aliphatic heterocycles. The van der Waals surface area contributed by atoms with Crippen molar-refractivity contribution in [3.05, 3.63) is 27.3 Å². The quantitative estimate of drug-likeness (QED) is 0.674. The number of hydrogen-bond donors (Lipinski definition) is 2. The summed E-state index contributed by atoms with van der Waals surface area (Å²) in [6.45, 7) is 1.99. The van der Waals surface area contributed by atoms with Crippen molar-refractivity contribution in [1.29, 1.82) is 0 Å². The van der Waals surface area contributed by atoms with E-state index >= 15 is 0 Å². The van der Waals surface area contributed by atoms with Gasteiger partial charge in [0.15, 0.2) is 6.10 Å². The average molecular weight is 430 g/mol. The van der Waals surface area contributed by atoms with Gasteiger partial charge in [-0.1, -0.05) is 32.1 Å². The number of aryl methyl sites for hydroxylation is 1. The van der Waals surface area contributed by atoms with Crippen LogP contribution >= 0.6 is 22.6 Å². The van der Waals surface area contributed by atoms with Gasteiger partial charge < -0.3 is 15.8 Å². The number of benzene rings is 1. The second-order valence-electron chi connectivity index (χ2n) is 6.51. The zero-order chi connectivity index (χ0) is 16.8. The van der Waals surface area contributed by atoms with Crippen LogP contribution < -0.4 is 11.1 Å². The number of carbonyl (C=O) groups is 1. The van der Waals surface area contributed by atoms with Crippen molar-refractivity contribution < 1.29 is 9.53 Å². The van der Waals surface area contributed by atoms with E-state index in [1.54, 1.807) is 7.11 Å². The van der Waals surface area contributed by atoms with E-state index in [0.717, 1.165) is 21.2 Å². The molecule has 2 rings (SSSR count). The number of ether oxygens (including phenoxy) is 1. The lowest BCUT2D eigenvalue weighted by atomic mass is 9.84. The highest BCUT2D eigenvalue weighted by Gasteiger charge is 2.28. The molecule has 1 amide bonds. The predicted molar refractivity (Wildman–Crippen MR) is 102 cm³/mol. The number of rotatable bonds is 6. The molecule has 0 aromatic heterocycles. The standard InChI is InChI=1S/C18H27IN2O2/c1-12-10-14(19)8-9-16(12)21-18(22)17(23-2)15(20)11-13-6-4-3-5-7-13/h8-10,13,15,17H,3-7,11,20H2,1-2H3,(H,21,22)/t15-,17?/m1/s1. The van der Waals surface area contributed by atoms with Crippen molar-refractivity contribution in [1.82, 2.24) is 0 Å². The molecule has 1 unspecified atom stereocenters. The van der Waals surface area contributed by atoms with Gasteiger partial charge >= 0.3 is 0 Å². The van der Waals surface area contributed by atoms with E-state index in [1.807, 2.05) is 25.1 Å². The maximum atomic E-state index is 12.5. The number of hydrogen-bond acceptors (Lipinski definition) is 3. The van der Waals surface area contributed by atoms with Gasteiger partial charge in [-0.05, 0) is 65.6 Å². The van der Waals surface area contributed by atoms with Crippen LogP contribution in [0.1, 0.15) is 44.1 Å². The monoisotopic (exact) mass is 430 g/mol. The molecular formula is C18H27IN2O2. The first-order valence-electron chi connectivity index (χ1n) is 8.36. The summed E-state index contributed by atoms with van der Waals surface area (Å²) in [4.78, 5) is 12.5. The summed E-state index contributed by atoms with van der Waals surface area (Å²) in [5.74, 6) is 0.476. The number of nitrogens with two attached hydrogens (primary N) is 1. The second-order valence-corrected chi connectivity index (χ2v) is 7.75. The van der Waals surface area contributed by atoms with Crippen LogP contribution in [0.3, 0.4) is 0 Å². The maximum Gasteiger partial charge on any atom is 0.255 e. The first-order valence-corrected chi connectivity index (χ1v) is 9.44. The fraction of sp³-hybridized carbons (Fsp3) is 0.611. The minimum Gasteiger partial charge on any atom is -0.370 e. The van der Waals surface area contributed by atoms with Crippen molar-refractivity contribution in [2.75, 3.05) is 12.4 Å². The molecule has 1 aliphatic carbocycles. The Morgan fingerprint density at radius 2 is 2.09 bits per heavy atom. The van der Waals surface area contributed by atoms with Crippen molar-refractivity contribution in [3.8, 4) is 0 Å². The highest BCUT2D eigenvalue weighted by Crippen LogP contribution is 2.28. The summed E-state index contributed by atoms with van der Waals surface area (Å²) in [6, 6.07) is 5.69. The van der Waals surface area contributed by atoms with E-state index in [-0.39, 0.29) is 11.9 Å². The van der Waals surface area contributed by atoms with Gasteiger partial charge in [0.25, 0.3) is 5.91 Å². The second kappa shape index (κ2) is 8.99. The van der Waals surface area contributed by atoms with E-state index in [9.17, 15) is 4.79 Å². The van der Waals surface area contributed by atoms with Crippen LogP contribution in [0.4, 0.5) is 5.69 Å². The van der Waals surface area contributed by atoms with E-state index in [1.165, 1.54) is 32.1 Å². The van der Waals surface area contributed by atoms with E-state index in [0.29, 0.717) is 5.92 Å². The molecule has 5 heteroatoms. The molecule has 1 aromatic rings. The zero-order valence-electron chi connectivity index (χ0n) is 14.0. The molecule has 0 spiro atoms. The van der Waals surface area contributed by atoms with E-state index < -0.39 is 6.10 Å². The number of carbonyl (C=O) groups excluding carboxylic acids is 1. The van der Waals surface area contributed by atoms with Crippen LogP contribution in [0.15, 0.2) is 18.2 Å². The highest BCUT2D eigenvalue weighted by molar-refractivity contribution is 14.1. The summed E-state index contributed by atoms with van der Waals surface area (Å²) in [6.07, 6.45) is 6.59. The molecule has 1 aliphatic rings. The molecule has 0 saturated heterocycles. The van der Waals surface area contributed by atoms with Crippen LogP contribution in [0, 0.1) is 16.4 Å². The molecule has 128 valence electrons. The maximum absolute atomic E-state index is 12.5. The van der Waals surface area contributed by atoms with Gasteiger partial charge in [0.05, 0.1) is 0 Å². The highest BCUT2D eigenvalue weighted by atomic mass is 127. The van der Waals surface area contributed by atoms with Crippen LogP contribution in [-0.2, 0) is 9.53 Å². The number of anilines is 1. The molecule has 0 radical (unpaired) electrons. The van der Waals surface area contributed by atoms with Crippen LogP contribution in [0.5, 0.6) is 0 Å². The van der Waals surface area contributed by atoms with Gasteiger partial charge in [0, 0.05) is 22.4 Å².